The van der Waals surface area contributed by atoms with Crippen molar-refractivity contribution >= 4 is 11.9 Å². The fraction of sp³-hybridized carbons (Fsp3) is 0.923. The van der Waals surface area contributed by atoms with Crippen molar-refractivity contribution < 1.29 is 30.2 Å². The van der Waals surface area contributed by atoms with Gasteiger partial charge in [-0.3, -0.25) is 9.59 Å². The zero-order valence-corrected chi connectivity index (χ0v) is 22.3. The Morgan fingerprint density at radius 3 is 1.53 bits per heavy atom. The second kappa shape index (κ2) is 8.43. The van der Waals surface area contributed by atoms with Crippen molar-refractivity contribution in [2.45, 2.75) is 122 Å². The van der Waals surface area contributed by atoms with Crippen LogP contribution in [0, 0.1) is 29.1 Å². The molecule has 2 heterocycles. The summed E-state index contributed by atoms with van der Waals surface area (Å²) in [6.07, 6.45) is 3.27. The lowest BCUT2D eigenvalue weighted by molar-refractivity contribution is -0.272. The first kappa shape index (κ1) is 27.4. The van der Waals surface area contributed by atoms with E-state index < -0.39 is 45.4 Å². The molecule has 3 unspecified atom stereocenters. The van der Waals surface area contributed by atoms with Gasteiger partial charge in [-0.05, 0) is 118 Å². The highest BCUT2D eigenvalue weighted by atomic mass is 16.5. The second-order valence-corrected chi connectivity index (χ2v) is 13.9. The van der Waals surface area contributed by atoms with Gasteiger partial charge in [-0.1, -0.05) is 0 Å². The van der Waals surface area contributed by atoms with Crippen molar-refractivity contribution in [2.24, 2.45) is 29.1 Å². The second-order valence-electron chi connectivity index (χ2n) is 13.9. The third kappa shape index (κ3) is 4.40. The summed E-state index contributed by atoms with van der Waals surface area (Å²) in [6.45, 7) is 15.7. The van der Waals surface area contributed by atoms with Crippen LogP contribution < -0.4 is 0 Å². The van der Waals surface area contributed by atoms with Gasteiger partial charge in [-0.15, -0.1) is 0 Å². The lowest BCUT2D eigenvalue weighted by Crippen LogP contribution is -2.65. The predicted molar refractivity (Wildman–Crippen MR) is 128 cm³/mol. The molecule has 2 aliphatic heterocycles. The average Bonchev–Trinajstić information content (AvgIpc) is 2.68. The van der Waals surface area contributed by atoms with Gasteiger partial charge in [0.15, 0.2) is 0 Å². The molecular formula is C26H46N2O6. The van der Waals surface area contributed by atoms with E-state index in [1.165, 1.54) is 10.1 Å². The van der Waals surface area contributed by atoms with Gasteiger partial charge in [0.25, 0.3) is 0 Å². The predicted octanol–water partition coefficient (Wildman–Crippen LogP) is 4.88. The maximum absolute atomic E-state index is 13.3. The molecule has 3 atom stereocenters. The van der Waals surface area contributed by atoms with Gasteiger partial charge in [0.1, 0.15) is 0 Å². The van der Waals surface area contributed by atoms with Crippen LogP contribution in [0.5, 0.6) is 0 Å². The Bertz CT molecular complexity index is 786. The van der Waals surface area contributed by atoms with E-state index in [2.05, 4.69) is 0 Å². The van der Waals surface area contributed by atoms with Crippen LogP contribution in [-0.4, -0.2) is 64.8 Å². The number of rotatable bonds is 4. The van der Waals surface area contributed by atoms with E-state index in [0.717, 1.165) is 0 Å². The van der Waals surface area contributed by atoms with Gasteiger partial charge < -0.3 is 20.6 Å². The molecule has 1 aliphatic carbocycles. The molecular weight excluding hydrogens is 436 g/mol. The summed E-state index contributed by atoms with van der Waals surface area (Å²) in [5.74, 6) is -2.82. The zero-order chi connectivity index (χ0) is 26.1. The Kier molecular flexibility index (Phi) is 6.78. The van der Waals surface area contributed by atoms with Crippen molar-refractivity contribution in [3.8, 4) is 0 Å². The molecule has 0 aromatic heterocycles. The van der Waals surface area contributed by atoms with E-state index in [-0.39, 0.29) is 17.8 Å². The number of carboxylic acid groups (broad SMARTS) is 2. The molecule has 8 heteroatoms. The largest absolute Gasteiger partial charge is 0.481 e. The number of hydrogen-bond acceptors (Lipinski definition) is 6. The van der Waals surface area contributed by atoms with Gasteiger partial charge in [0.2, 0.25) is 0 Å². The monoisotopic (exact) mass is 482 g/mol. The first-order valence-corrected chi connectivity index (χ1v) is 12.7. The van der Waals surface area contributed by atoms with Crippen molar-refractivity contribution in [1.29, 1.82) is 0 Å². The van der Waals surface area contributed by atoms with Gasteiger partial charge in [-0.25, -0.2) is 0 Å². The molecule has 3 rings (SSSR count). The van der Waals surface area contributed by atoms with Crippen LogP contribution in [0.2, 0.25) is 0 Å². The summed E-state index contributed by atoms with van der Waals surface area (Å²) in [5, 5.41) is 45.3. The van der Waals surface area contributed by atoms with Crippen molar-refractivity contribution in [2.75, 3.05) is 0 Å². The number of nitrogens with zero attached hydrogens (tertiary/aromatic N) is 2. The molecule has 0 radical (unpaired) electrons. The van der Waals surface area contributed by atoms with Crippen LogP contribution in [0.3, 0.4) is 0 Å². The van der Waals surface area contributed by atoms with Crippen LogP contribution in [0.15, 0.2) is 0 Å². The molecule has 4 N–H and O–H groups in total. The van der Waals surface area contributed by atoms with Crippen LogP contribution in [0.1, 0.15) is 100 Å². The highest BCUT2D eigenvalue weighted by molar-refractivity contribution is 5.77. The zero-order valence-electron chi connectivity index (χ0n) is 22.3. The van der Waals surface area contributed by atoms with Crippen molar-refractivity contribution in [3.63, 3.8) is 0 Å². The summed E-state index contributed by atoms with van der Waals surface area (Å²) in [7, 11) is 0. The van der Waals surface area contributed by atoms with E-state index in [0.29, 0.717) is 44.9 Å². The third-order valence-corrected chi connectivity index (χ3v) is 9.46. The molecule has 0 spiro atoms. The number of carboxylic acids is 2. The lowest BCUT2D eigenvalue weighted by Gasteiger charge is -2.61. The SMILES string of the molecule is CC1(C)CC(C2CC(C(=O)O)CCC2(C(=O)O)C2CC(C)(C)N(O)C(C)(C)C2)CC(C)(C)N1O. The normalized spacial score (nSPS) is 36.8. The Morgan fingerprint density at radius 1 is 0.735 bits per heavy atom. The van der Waals surface area contributed by atoms with Crippen molar-refractivity contribution in [1.82, 2.24) is 10.1 Å². The van der Waals surface area contributed by atoms with E-state index >= 15 is 0 Å². The van der Waals surface area contributed by atoms with E-state index in [1.54, 1.807) is 0 Å². The van der Waals surface area contributed by atoms with Gasteiger partial charge >= 0.3 is 11.9 Å². The van der Waals surface area contributed by atoms with E-state index in [1.807, 2.05) is 55.4 Å². The maximum atomic E-state index is 13.3. The quantitative estimate of drug-likeness (QED) is 0.447. The standard InChI is InChI=1S/C26H46N2O6/c1-22(2)12-17(13-23(3,4)27(22)33)19-11-16(20(29)30)9-10-26(19,21(31)32)18-14-24(5,6)28(34)25(7,8)15-18/h16-19,33-34H,9-15H2,1-8H3,(H,29,30)(H,31,32). The van der Waals surface area contributed by atoms with Gasteiger partial charge in [0.05, 0.1) is 11.3 Å². The molecule has 34 heavy (non-hydrogen) atoms. The van der Waals surface area contributed by atoms with Crippen LogP contribution in [0.4, 0.5) is 0 Å². The Balaban J connectivity index is 2.12. The molecule has 8 nitrogen and oxygen atoms in total. The number of carbonyl (C=O) groups is 2. The summed E-state index contributed by atoms with van der Waals surface area (Å²) >= 11 is 0. The fourth-order valence-electron chi connectivity index (χ4n) is 8.28. The summed E-state index contributed by atoms with van der Waals surface area (Å²) < 4.78 is 0. The number of aliphatic carboxylic acids is 2. The minimum Gasteiger partial charge on any atom is -0.481 e. The molecule has 0 bridgehead atoms. The molecule has 0 aromatic carbocycles. The minimum atomic E-state index is -1.07. The molecule has 196 valence electrons. The summed E-state index contributed by atoms with van der Waals surface area (Å²) in [5.41, 5.74) is -3.39. The van der Waals surface area contributed by atoms with Gasteiger partial charge in [0, 0.05) is 22.2 Å². The number of hydroxylamine groups is 4. The minimum absolute atomic E-state index is 0.0370. The average molecular weight is 483 g/mol. The summed E-state index contributed by atoms with van der Waals surface area (Å²) in [4.78, 5) is 25.4. The van der Waals surface area contributed by atoms with Gasteiger partial charge in [-0.2, -0.15) is 10.1 Å². The van der Waals surface area contributed by atoms with Crippen LogP contribution >= 0.6 is 0 Å². The molecule has 2 saturated heterocycles. The topological polar surface area (TPSA) is 122 Å². The maximum Gasteiger partial charge on any atom is 0.310 e. The fourth-order valence-corrected chi connectivity index (χ4v) is 8.28. The van der Waals surface area contributed by atoms with E-state index in [4.69, 9.17) is 0 Å². The smallest absolute Gasteiger partial charge is 0.310 e. The Hall–Kier alpha value is -1.22. The third-order valence-electron chi connectivity index (χ3n) is 9.46. The van der Waals surface area contributed by atoms with E-state index in [9.17, 15) is 30.2 Å². The molecule has 1 saturated carbocycles. The summed E-state index contributed by atoms with van der Waals surface area (Å²) in [6, 6.07) is 0. The highest BCUT2D eigenvalue weighted by Gasteiger charge is 2.62. The molecule has 3 aliphatic rings. The van der Waals surface area contributed by atoms with Crippen molar-refractivity contribution in [3.05, 3.63) is 0 Å². The van der Waals surface area contributed by atoms with Crippen LogP contribution in [0.25, 0.3) is 0 Å². The Morgan fingerprint density at radius 2 is 1.15 bits per heavy atom. The molecule has 0 aromatic rings. The first-order chi connectivity index (χ1) is 15.3. The molecule has 0 amide bonds. The van der Waals surface area contributed by atoms with Crippen LogP contribution in [-0.2, 0) is 9.59 Å². The number of hydrogen-bond donors (Lipinski definition) is 4. The first-order valence-electron chi connectivity index (χ1n) is 12.7. The Labute approximate surface area is 204 Å². The number of piperidine rings is 2. The lowest BCUT2D eigenvalue weighted by atomic mass is 9.48. The molecule has 3 fully saturated rings. The highest BCUT2D eigenvalue weighted by Crippen LogP contribution is 2.60.